The first-order valence-electron chi connectivity index (χ1n) is 7.07. The molecule has 0 radical (unpaired) electrons. The van der Waals surface area contributed by atoms with Gasteiger partial charge in [-0.15, -0.1) is 0 Å². The van der Waals surface area contributed by atoms with Gasteiger partial charge in [0.25, 0.3) is 0 Å². The van der Waals surface area contributed by atoms with E-state index < -0.39 is 5.60 Å². The average molecular weight is 246 g/mol. The van der Waals surface area contributed by atoms with Gasteiger partial charge in [0.05, 0.1) is 0 Å². The molecule has 0 aliphatic heterocycles. The third kappa shape index (κ3) is 1.58. The van der Waals surface area contributed by atoms with Crippen LogP contribution in [0.15, 0.2) is 24.8 Å². The van der Waals surface area contributed by atoms with Crippen LogP contribution in [0.5, 0.6) is 0 Å². The molecule has 0 saturated heterocycles. The van der Waals surface area contributed by atoms with E-state index in [9.17, 15) is 4.79 Å². The maximum absolute atomic E-state index is 11.9. The number of esters is 1. The van der Waals surface area contributed by atoms with E-state index in [1.165, 1.54) is 32.1 Å². The maximum Gasteiger partial charge on any atom is 0.333 e. The molecule has 0 aromatic heterocycles. The monoisotopic (exact) mass is 246 g/mol. The molecule has 18 heavy (non-hydrogen) atoms. The molecule has 4 fully saturated rings. The molecule has 0 spiro atoms. The molecule has 0 atom stereocenters. The highest BCUT2D eigenvalue weighted by atomic mass is 16.6. The maximum atomic E-state index is 11.9. The molecule has 4 rings (SSSR count). The summed E-state index contributed by atoms with van der Waals surface area (Å²) in [6.45, 7) is 9.40. The van der Waals surface area contributed by atoms with Gasteiger partial charge in [0, 0.05) is 17.4 Å². The highest BCUT2D eigenvalue weighted by Crippen LogP contribution is 2.60. The van der Waals surface area contributed by atoms with Crippen molar-refractivity contribution in [3.8, 4) is 0 Å². The van der Waals surface area contributed by atoms with Crippen LogP contribution < -0.4 is 0 Å². The van der Waals surface area contributed by atoms with Gasteiger partial charge in [-0.2, -0.15) is 0 Å². The normalized spacial score (nSPS) is 44.7. The van der Waals surface area contributed by atoms with Crippen LogP contribution in [0.1, 0.15) is 39.0 Å². The van der Waals surface area contributed by atoms with Crippen molar-refractivity contribution in [1.82, 2.24) is 0 Å². The Labute approximate surface area is 109 Å². The summed E-state index contributed by atoms with van der Waals surface area (Å²) in [7, 11) is 0. The fourth-order valence-corrected chi connectivity index (χ4v) is 4.71. The number of carbonyl (C=O) groups is 1. The van der Waals surface area contributed by atoms with Gasteiger partial charge >= 0.3 is 5.97 Å². The van der Waals surface area contributed by atoms with E-state index in [-0.39, 0.29) is 5.97 Å². The van der Waals surface area contributed by atoms with Crippen molar-refractivity contribution in [2.24, 2.45) is 23.7 Å². The molecule has 4 saturated carbocycles. The van der Waals surface area contributed by atoms with E-state index >= 15 is 0 Å². The number of hydrogen-bond acceptors (Lipinski definition) is 2. The lowest BCUT2D eigenvalue weighted by Gasteiger charge is -2.59. The van der Waals surface area contributed by atoms with Crippen LogP contribution in [0.25, 0.3) is 0 Å². The smallest absolute Gasteiger partial charge is 0.333 e. The lowest BCUT2D eigenvalue weighted by atomic mass is 9.50. The Balaban J connectivity index is 1.89. The standard InChI is InChI=1S/C16H22O2/c1-4-16(18-15(17)10(2)3)13-6-11-5-12(8-13)9-14(16)7-11/h4,11-14H,1-2,5-9H2,3H3. The summed E-state index contributed by atoms with van der Waals surface area (Å²) in [5.41, 5.74) is 0.0914. The minimum Gasteiger partial charge on any atom is -0.451 e. The molecule has 2 nitrogen and oxygen atoms in total. The second-order valence-corrected chi connectivity index (χ2v) is 6.53. The van der Waals surface area contributed by atoms with Gasteiger partial charge in [-0.1, -0.05) is 13.2 Å². The molecule has 2 heteroatoms. The number of rotatable bonds is 3. The van der Waals surface area contributed by atoms with Gasteiger partial charge in [0.1, 0.15) is 5.60 Å². The van der Waals surface area contributed by atoms with Crippen molar-refractivity contribution in [1.29, 1.82) is 0 Å². The Bertz CT molecular complexity index is 379. The Hall–Kier alpha value is -1.05. The fourth-order valence-electron chi connectivity index (χ4n) is 4.71. The average Bonchev–Trinajstić information content (AvgIpc) is 2.32. The summed E-state index contributed by atoms with van der Waals surface area (Å²) in [6.07, 6.45) is 8.16. The van der Waals surface area contributed by atoms with Crippen LogP contribution in [0.2, 0.25) is 0 Å². The Kier molecular flexibility index (Phi) is 2.65. The molecule has 0 heterocycles. The van der Waals surface area contributed by atoms with E-state index in [2.05, 4.69) is 13.2 Å². The fraction of sp³-hybridized carbons (Fsp3) is 0.688. The van der Waals surface area contributed by atoms with Gasteiger partial charge in [-0.25, -0.2) is 4.79 Å². The Morgan fingerprint density at radius 2 is 1.67 bits per heavy atom. The number of carbonyl (C=O) groups excluding carboxylic acids is 1. The van der Waals surface area contributed by atoms with Gasteiger partial charge in [-0.3, -0.25) is 0 Å². The zero-order chi connectivity index (χ0) is 12.9. The largest absolute Gasteiger partial charge is 0.451 e. The molecule has 98 valence electrons. The Morgan fingerprint density at radius 3 is 2.06 bits per heavy atom. The molecule has 4 bridgehead atoms. The van der Waals surface area contributed by atoms with Gasteiger partial charge in [-0.05, 0) is 56.9 Å². The number of ether oxygens (including phenoxy) is 1. The minimum atomic E-state index is -0.399. The van der Waals surface area contributed by atoms with E-state index in [1.54, 1.807) is 6.92 Å². The van der Waals surface area contributed by atoms with Crippen molar-refractivity contribution in [3.05, 3.63) is 24.8 Å². The summed E-state index contributed by atoms with van der Waals surface area (Å²) in [5, 5.41) is 0. The molecule has 0 aromatic rings. The molecule has 4 aliphatic rings. The lowest BCUT2D eigenvalue weighted by molar-refractivity contribution is -0.188. The SMILES string of the molecule is C=CC1(OC(=O)C(=C)C)C2CC3CC(C2)CC1C3. The first-order valence-corrected chi connectivity index (χ1v) is 7.07. The summed E-state index contributed by atoms with van der Waals surface area (Å²) >= 11 is 0. The van der Waals surface area contributed by atoms with Crippen molar-refractivity contribution in [2.75, 3.05) is 0 Å². The van der Waals surface area contributed by atoms with E-state index in [0.717, 1.165) is 11.8 Å². The third-order valence-corrected chi connectivity index (χ3v) is 5.35. The quantitative estimate of drug-likeness (QED) is 0.433. The molecule has 0 N–H and O–H groups in total. The zero-order valence-electron chi connectivity index (χ0n) is 11.2. The molecule has 0 aromatic carbocycles. The van der Waals surface area contributed by atoms with Crippen molar-refractivity contribution >= 4 is 5.97 Å². The van der Waals surface area contributed by atoms with Crippen LogP contribution >= 0.6 is 0 Å². The highest BCUT2D eigenvalue weighted by molar-refractivity contribution is 5.87. The van der Waals surface area contributed by atoms with E-state index in [4.69, 9.17) is 4.74 Å². The third-order valence-electron chi connectivity index (χ3n) is 5.35. The van der Waals surface area contributed by atoms with Gasteiger partial charge in [0.15, 0.2) is 0 Å². The van der Waals surface area contributed by atoms with E-state index in [0.29, 0.717) is 17.4 Å². The van der Waals surface area contributed by atoms with Crippen molar-refractivity contribution < 1.29 is 9.53 Å². The second-order valence-electron chi connectivity index (χ2n) is 6.53. The second kappa shape index (κ2) is 3.97. The topological polar surface area (TPSA) is 26.3 Å². The van der Waals surface area contributed by atoms with Gasteiger partial charge < -0.3 is 4.74 Å². The molecule has 0 amide bonds. The molecule has 4 aliphatic carbocycles. The summed E-state index contributed by atoms with van der Waals surface area (Å²) in [6, 6.07) is 0. The first kappa shape index (κ1) is 12.0. The predicted octanol–water partition coefficient (Wildman–Crippen LogP) is 3.49. The first-order chi connectivity index (χ1) is 8.55. The summed E-state index contributed by atoms with van der Waals surface area (Å²) in [5.74, 6) is 2.47. The molecular weight excluding hydrogens is 224 g/mol. The number of hydrogen-bond donors (Lipinski definition) is 0. The van der Waals surface area contributed by atoms with Crippen LogP contribution in [-0.2, 0) is 9.53 Å². The molecular formula is C16H22O2. The minimum absolute atomic E-state index is 0.248. The van der Waals surface area contributed by atoms with Crippen LogP contribution in [0, 0.1) is 23.7 Å². The summed E-state index contributed by atoms with van der Waals surface area (Å²) in [4.78, 5) is 11.9. The summed E-state index contributed by atoms with van der Waals surface area (Å²) < 4.78 is 5.87. The van der Waals surface area contributed by atoms with Crippen LogP contribution in [0.4, 0.5) is 0 Å². The Morgan fingerprint density at radius 1 is 1.17 bits per heavy atom. The molecule has 0 unspecified atom stereocenters. The zero-order valence-corrected chi connectivity index (χ0v) is 11.2. The van der Waals surface area contributed by atoms with Gasteiger partial charge in [0.2, 0.25) is 0 Å². The lowest BCUT2D eigenvalue weighted by Crippen LogP contribution is -2.58. The van der Waals surface area contributed by atoms with Crippen molar-refractivity contribution in [3.63, 3.8) is 0 Å². The highest BCUT2D eigenvalue weighted by Gasteiger charge is 2.58. The van der Waals surface area contributed by atoms with Crippen molar-refractivity contribution in [2.45, 2.75) is 44.6 Å². The van der Waals surface area contributed by atoms with Crippen LogP contribution in [-0.4, -0.2) is 11.6 Å². The van der Waals surface area contributed by atoms with Crippen LogP contribution in [0.3, 0.4) is 0 Å². The predicted molar refractivity (Wildman–Crippen MR) is 70.9 cm³/mol. The van der Waals surface area contributed by atoms with E-state index in [1.807, 2.05) is 6.08 Å².